The van der Waals surface area contributed by atoms with E-state index < -0.39 is 0 Å². The van der Waals surface area contributed by atoms with Crippen molar-refractivity contribution in [2.45, 2.75) is 52.2 Å². The first-order valence-electron chi connectivity index (χ1n) is 8.19. The second-order valence-corrected chi connectivity index (χ2v) is 7.47. The van der Waals surface area contributed by atoms with Crippen molar-refractivity contribution in [2.75, 3.05) is 45.9 Å². The van der Waals surface area contributed by atoms with Gasteiger partial charge in [0.2, 0.25) is 0 Å². The fourth-order valence-electron chi connectivity index (χ4n) is 2.91. The molecule has 2 aliphatic rings. The number of piperazine rings is 1. The molecule has 20 heavy (non-hydrogen) atoms. The quantitative estimate of drug-likeness (QED) is 0.850. The van der Waals surface area contributed by atoms with Crippen LogP contribution in [0.4, 0.5) is 0 Å². The summed E-state index contributed by atoms with van der Waals surface area (Å²) in [6.07, 6.45) is 3.99. The largest absolute Gasteiger partial charge is 0.391 e. The molecule has 2 heterocycles. The van der Waals surface area contributed by atoms with E-state index in [4.69, 9.17) is 4.74 Å². The van der Waals surface area contributed by atoms with E-state index in [2.05, 4.69) is 30.6 Å². The van der Waals surface area contributed by atoms with Crippen LogP contribution in [0.15, 0.2) is 0 Å². The van der Waals surface area contributed by atoms with Crippen LogP contribution in [0.2, 0.25) is 0 Å². The Kier molecular flexibility index (Phi) is 5.84. The number of ether oxygens (including phenoxy) is 1. The summed E-state index contributed by atoms with van der Waals surface area (Å²) in [5.41, 5.74) is -0.0208. The van der Waals surface area contributed by atoms with E-state index in [1.165, 1.54) is 19.3 Å². The van der Waals surface area contributed by atoms with Crippen molar-refractivity contribution in [3.05, 3.63) is 0 Å². The van der Waals surface area contributed by atoms with E-state index in [1.54, 1.807) is 0 Å². The lowest BCUT2D eigenvalue weighted by Crippen LogP contribution is -2.51. The van der Waals surface area contributed by atoms with Gasteiger partial charge < -0.3 is 9.84 Å². The molecule has 118 valence electrons. The molecule has 0 radical (unpaired) electrons. The Morgan fingerprint density at radius 3 is 2.30 bits per heavy atom. The molecule has 4 nitrogen and oxygen atoms in total. The van der Waals surface area contributed by atoms with E-state index in [9.17, 15) is 5.11 Å². The number of rotatable bonds is 4. The van der Waals surface area contributed by atoms with Crippen molar-refractivity contribution in [1.82, 2.24) is 9.80 Å². The van der Waals surface area contributed by atoms with Crippen LogP contribution in [0.1, 0.15) is 40.0 Å². The molecule has 0 aliphatic carbocycles. The van der Waals surface area contributed by atoms with Gasteiger partial charge in [-0.05, 0) is 24.7 Å². The van der Waals surface area contributed by atoms with Crippen molar-refractivity contribution in [3.63, 3.8) is 0 Å². The van der Waals surface area contributed by atoms with Crippen LogP contribution >= 0.6 is 0 Å². The summed E-state index contributed by atoms with van der Waals surface area (Å²) in [6, 6.07) is 0. The second-order valence-electron chi connectivity index (χ2n) is 7.47. The molecule has 0 amide bonds. The Hall–Kier alpha value is -0.160. The molecule has 2 atom stereocenters. The Morgan fingerprint density at radius 1 is 1.10 bits per heavy atom. The van der Waals surface area contributed by atoms with E-state index in [1.807, 2.05) is 0 Å². The molecule has 0 aromatic carbocycles. The van der Waals surface area contributed by atoms with Gasteiger partial charge >= 0.3 is 0 Å². The van der Waals surface area contributed by atoms with E-state index in [0.29, 0.717) is 6.10 Å². The molecule has 2 saturated heterocycles. The normalized spacial score (nSPS) is 28.5. The molecule has 0 aromatic rings. The molecule has 2 aliphatic heterocycles. The minimum atomic E-state index is -0.240. The summed E-state index contributed by atoms with van der Waals surface area (Å²) in [7, 11) is 0. The molecule has 1 N–H and O–H groups in total. The summed E-state index contributed by atoms with van der Waals surface area (Å²) in [5, 5.41) is 10.2. The fraction of sp³-hybridized carbons (Fsp3) is 1.00. The maximum Gasteiger partial charge on any atom is 0.0715 e. The molecule has 2 rings (SSSR count). The Labute approximate surface area is 124 Å². The average molecular weight is 284 g/mol. The molecule has 4 heteroatoms. The standard InChI is InChI=1S/C16H32N2O2/c1-16(2,3)15(19)13-18-9-7-17(8-10-18)12-14-6-4-5-11-20-14/h14-15,19H,4-13H2,1-3H3/t14-,15-/m1/s1. The monoisotopic (exact) mass is 284 g/mol. The minimum absolute atomic E-state index is 0.0208. The summed E-state index contributed by atoms with van der Waals surface area (Å²) in [6.45, 7) is 13.5. The van der Waals surface area contributed by atoms with Crippen LogP contribution in [-0.4, -0.2) is 73.0 Å². The first-order chi connectivity index (χ1) is 9.45. The lowest BCUT2D eigenvalue weighted by molar-refractivity contribution is -0.0227. The topological polar surface area (TPSA) is 35.9 Å². The summed E-state index contributed by atoms with van der Waals surface area (Å²) in [4.78, 5) is 4.92. The van der Waals surface area contributed by atoms with Crippen LogP contribution in [0, 0.1) is 5.41 Å². The van der Waals surface area contributed by atoms with Gasteiger partial charge in [-0.1, -0.05) is 20.8 Å². The molecular weight excluding hydrogens is 252 g/mol. The second kappa shape index (κ2) is 7.21. The van der Waals surface area contributed by atoms with Crippen LogP contribution in [0.25, 0.3) is 0 Å². The van der Waals surface area contributed by atoms with Crippen molar-refractivity contribution in [2.24, 2.45) is 5.41 Å². The Morgan fingerprint density at radius 2 is 1.75 bits per heavy atom. The minimum Gasteiger partial charge on any atom is -0.391 e. The number of nitrogens with zero attached hydrogens (tertiary/aromatic N) is 2. The van der Waals surface area contributed by atoms with Gasteiger partial charge in [-0.25, -0.2) is 0 Å². The van der Waals surface area contributed by atoms with Crippen molar-refractivity contribution >= 4 is 0 Å². The summed E-state index contributed by atoms with van der Waals surface area (Å²) < 4.78 is 5.82. The zero-order chi connectivity index (χ0) is 14.6. The van der Waals surface area contributed by atoms with E-state index >= 15 is 0 Å². The van der Waals surface area contributed by atoms with Crippen molar-refractivity contribution in [1.29, 1.82) is 0 Å². The molecular formula is C16H32N2O2. The highest BCUT2D eigenvalue weighted by atomic mass is 16.5. The Balaban J connectivity index is 1.67. The van der Waals surface area contributed by atoms with Gasteiger partial charge in [-0.15, -0.1) is 0 Å². The van der Waals surface area contributed by atoms with Crippen molar-refractivity contribution in [3.8, 4) is 0 Å². The molecule has 0 aromatic heterocycles. The van der Waals surface area contributed by atoms with Gasteiger partial charge in [0.05, 0.1) is 12.2 Å². The van der Waals surface area contributed by atoms with Crippen LogP contribution in [-0.2, 0) is 4.74 Å². The lowest BCUT2D eigenvalue weighted by Gasteiger charge is -2.39. The van der Waals surface area contributed by atoms with Gasteiger partial charge in [-0.3, -0.25) is 9.80 Å². The zero-order valence-electron chi connectivity index (χ0n) is 13.5. The summed E-state index contributed by atoms with van der Waals surface area (Å²) >= 11 is 0. The predicted octanol–water partition coefficient (Wildman–Crippen LogP) is 1.58. The number of β-amino-alcohol motifs (C(OH)–C–C–N with tert-alkyl or cyclic N) is 1. The highest BCUT2D eigenvalue weighted by Gasteiger charge is 2.27. The molecule has 2 fully saturated rings. The van der Waals surface area contributed by atoms with E-state index in [-0.39, 0.29) is 11.5 Å². The van der Waals surface area contributed by atoms with Gasteiger partial charge in [0, 0.05) is 45.9 Å². The third-order valence-electron chi connectivity index (χ3n) is 4.63. The number of aliphatic hydroxyl groups is 1. The van der Waals surface area contributed by atoms with E-state index in [0.717, 1.165) is 45.9 Å². The lowest BCUT2D eigenvalue weighted by atomic mass is 9.89. The first-order valence-corrected chi connectivity index (χ1v) is 8.19. The van der Waals surface area contributed by atoms with Gasteiger partial charge in [0.15, 0.2) is 0 Å². The molecule has 0 spiro atoms. The molecule has 0 unspecified atom stereocenters. The molecule has 0 bridgehead atoms. The van der Waals surface area contributed by atoms with Crippen LogP contribution < -0.4 is 0 Å². The van der Waals surface area contributed by atoms with Gasteiger partial charge in [0.1, 0.15) is 0 Å². The van der Waals surface area contributed by atoms with Crippen molar-refractivity contribution < 1.29 is 9.84 Å². The smallest absolute Gasteiger partial charge is 0.0715 e. The fourth-order valence-corrected chi connectivity index (χ4v) is 2.91. The number of aliphatic hydroxyl groups excluding tert-OH is 1. The van der Waals surface area contributed by atoms with Gasteiger partial charge in [0.25, 0.3) is 0 Å². The molecule has 0 saturated carbocycles. The van der Waals surface area contributed by atoms with Gasteiger partial charge in [-0.2, -0.15) is 0 Å². The van der Waals surface area contributed by atoms with Crippen LogP contribution in [0.3, 0.4) is 0 Å². The maximum absolute atomic E-state index is 10.2. The highest BCUT2D eigenvalue weighted by molar-refractivity contribution is 4.81. The predicted molar refractivity (Wildman–Crippen MR) is 81.9 cm³/mol. The first kappa shape index (κ1) is 16.2. The Bertz CT molecular complexity index is 277. The number of hydrogen-bond donors (Lipinski definition) is 1. The maximum atomic E-state index is 10.2. The summed E-state index contributed by atoms with van der Waals surface area (Å²) in [5.74, 6) is 0. The number of hydrogen-bond acceptors (Lipinski definition) is 4. The average Bonchev–Trinajstić information content (AvgIpc) is 2.41. The highest BCUT2D eigenvalue weighted by Crippen LogP contribution is 2.20. The SMILES string of the molecule is CC(C)(C)[C@H](O)CN1CCN(C[C@H]2CCCCO2)CC1. The van der Waals surface area contributed by atoms with Crippen LogP contribution in [0.5, 0.6) is 0 Å². The zero-order valence-corrected chi connectivity index (χ0v) is 13.5. The third kappa shape index (κ3) is 4.99. The third-order valence-corrected chi connectivity index (χ3v) is 4.63.